The summed E-state index contributed by atoms with van der Waals surface area (Å²) in [5, 5.41) is 9.43. The fraction of sp³-hybridized carbons (Fsp3) is 0.333. The smallest absolute Gasteiger partial charge is 0.105 e. The molecule has 0 saturated carbocycles. The summed E-state index contributed by atoms with van der Waals surface area (Å²) >= 11 is 0. The number of aliphatic hydroxyl groups is 1. The minimum absolute atomic E-state index is 0.0612. The van der Waals surface area contributed by atoms with Crippen LogP contribution in [0.1, 0.15) is 22.5 Å². The van der Waals surface area contributed by atoms with Crippen molar-refractivity contribution in [2.75, 3.05) is 11.9 Å². The van der Waals surface area contributed by atoms with Crippen molar-refractivity contribution in [3.05, 3.63) is 53.0 Å². The van der Waals surface area contributed by atoms with E-state index in [4.69, 9.17) is 4.42 Å². The van der Waals surface area contributed by atoms with Crippen molar-refractivity contribution in [2.45, 2.75) is 27.0 Å². The maximum atomic E-state index is 9.43. The van der Waals surface area contributed by atoms with Crippen molar-refractivity contribution < 1.29 is 9.52 Å². The van der Waals surface area contributed by atoms with Gasteiger partial charge in [0.05, 0.1) is 12.9 Å². The third-order valence-corrected chi connectivity index (χ3v) is 3.19. The van der Waals surface area contributed by atoms with Gasteiger partial charge in [0.2, 0.25) is 0 Å². The van der Waals surface area contributed by atoms with E-state index in [0.29, 0.717) is 0 Å². The molecular weight excluding hydrogens is 226 g/mol. The molecule has 3 nitrogen and oxygen atoms in total. The van der Waals surface area contributed by atoms with Crippen LogP contribution in [0.15, 0.2) is 34.9 Å². The molecule has 0 saturated heterocycles. The van der Waals surface area contributed by atoms with E-state index in [-0.39, 0.29) is 6.61 Å². The van der Waals surface area contributed by atoms with Crippen LogP contribution in [0.5, 0.6) is 0 Å². The lowest BCUT2D eigenvalue weighted by atomic mass is 10.1. The van der Waals surface area contributed by atoms with Crippen LogP contribution in [-0.2, 0) is 13.2 Å². The summed E-state index contributed by atoms with van der Waals surface area (Å²) in [7, 11) is 2.02. The Bertz CT molecular complexity index is 531. The Labute approximate surface area is 108 Å². The van der Waals surface area contributed by atoms with Crippen LogP contribution in [0.3, 0.4) is 0 Å². The summed E-state index contributed by atoms with van der Waals surface area (Å²) in [6.07, 6.45) is 1.71. The van der Waals surface area contributed by atoms with E-state index in [1.165, 1.54) is 5.56 Å². The molecule has 0 unspecified atom stereocenters. The molecular formula is C15H19NO2. The van der Waals surface area contributed by atoms with Crippen LogP contribution >= 0.6 is 0 Å². The predicted molar refractivity (Wildman–Crippen MR) is 72.7 cm³/mol. The van der Waals surface area contributed by atoms with Gasteiger partial charge in [-0.3, -0.25) is 0 Å². The molecule has 0 spiro atoms. The summed E-state index contributed by atoms with van der Waals surface area (Å²) < 4.78 is 5.30. The van der Waals surface area contributed by atoms with Gasteiger partial charge < -0.3 is 14.4 Å². The van der Waals surface area contributed by atoms with Gasteiger partial charge in [-0.05, 0) is 26.0 Å². The van der Waals surface area contributed by atoms with Crippen molar-refractivity contribution in [3.8, 4) is 0 Å². The average molecular weight is 245 g/mol. The first kappa shape index (κ1) is 12.7. The van der Waals surface area contributed by atoms with E-state index < -0.39 is 0 Å². The maximum Gasteiger partial charge on any atom is 0.105 e. The third-order valence-electron chi connectivity index (χ3n) is 3.19. The summed E-state index contributed by atoms with van der Waals surface area (Å²) in [4.78, 5) is 2.13. The molecule has 3 heteroatoms. The largest absolute Gasteiger partial charge is 0.469 e. The highest BCUT2D eigenvalue weighted by molar-refractivity contribution is 5.54. The molecule has 0 aliphatic carbocycles. The van der Waals surface area contributed by atoms with Crippen LogP contribution < -0.4 is 4.90 Å². The van der Waals surface area contributed by atoms with Crippen molar-refractivity contribution in [1.82, 2.24) is 0 Å². The lowest BCUT2D eigenvalue weighted by molar-refractivity contribution is 0.282. The minimum atomic E-state index is 0.0612. The zero-order valence-electron chi connectivity index (χ0n) is 11.1. The third kappa shape index (κ3) is 2.57. The first-order chi connectivity index (χ1) is 8.61. The first-order valence-electron chi connectivity index (χ1n) is 6.06. The number of hydrogen-bond donors (Lipinski definition) is 1. The van der Waals surface area contributed by atoms with Crippen molar-refractivity contribution >= 4 is 5.69 Å². The molecule has 0 aliphatic heterocycles. The van der Waals surface area contributed by atoms with Gasteiger partial charge in [0.1, 0.15) is 5.76 Å². The molecule has 18 heavy (non-hydrogen) atoms. The number of nitrogens with zero attached hydrogens (tertiary/aromatic N) is 1. The standard InChI is InChI=1S/C15H19NO2/c1-11-4-5-15(14(8-11)10-17)16(3)9-13-6-7-18-12(13)2/h4-8,17H,9-10H2,1-3H3. The highest BCUT2D eigenvalue weighted by Gasteiger charge is 2.10. The minimum Gasteiger partial charge on any atom is -0.469 e. The van der Waals surface area contributed by atoms with Gasteiger partial charge in [0.15, 0.2) is 0 Å². The van der Waals surface area contributed by atoms with Gasteiger partial charge in [0.25, 0.3) is 0 Å². The zero-order chi connectivity index (χ0) is 13.1. The number of hydrogen-bond acceptors (Lipinski definition) is 3. The van der Waals surface area contributed by atoms with Crippen LogP contribution in [-0.4, -0.2) is 12.2 Å². The Balaban J connectivity index is 2.23. The van der Waals surface area contributed by atoms with Gasteiger partial charge in [-0.1, -0.05) is 17.7 Å². The van der Waals surface area contributed by atoms with E-state index in [1.807, 2.05) is 33.0 Å². The Morgan fingerprint density at radius 2 is 1.94 bits per heavy atom. The van der Waals surface area contributed by atoms with Crippen molar-refractivity contribution in [3.63, 3.8) is 0 Å². The van der Waals surface area contributed by atoms with E-state index in [2.05, 4.69) is 17.0 Å². The van der Waals surface area contributed by atoms with Gasteiger partial charge >= 0.3 is 0 Å². The van der Waals surface area contributed by atoms with Crippen molar-refractivity contribution in [2.24, 2.45) is 0 Å². The second-order valence-electron chi connectivity index (χ2n) is 4.65. The number of benzene rings is 1. The molecule has 1 aromatic heterocycles. The SMILES string of the molecule is Cc1ccc(N(C)Cc2ccoc2C)c(CO)c1. The molecule has 2 rings (SSSR count). The van der Waals surface area contributed by atoms with Crippen molar-refractivity contribution in [1.29, 1.82) is 0 Å². The highest BCUT2D eigenvalue weighted by atomic mass is 16.3. The molecule has 0 bridgehead atoms. The fourth-order valence-corrected chi connectivity index (χ4v) is 2.13. The number of furan rings is 1. The summed E-state index contributed by atoms with van der Waals surface area (Å²) in [6.45, 7) is 4.83. The van der Waals surface area contributed by atoms with Crippen LogP contribution in [0, 0.1) is 13.8 Å². The Kier molecular flexibility index (Phi) is 3.72. The summed E-state index contributed by atoms with van der Waals surface area (Å²) in [6, 6.07) is 8.12. The zero-order valence-corrected chi connectivity index (χ0v) is 11.1. The van der Waals surface area contributed by atoms with Gasteiger partial charge in [-0.15, -0.1) is 0 Å². The van der Waals surface area contributed by atoms with Crippen LogP contribution in [0.25, 0.3) is 0 Å². The van der Waals surface area contributed by atoms with Crippen LogP contribution in [0.4, 0.5) is 5.69 Å². The molecule has 1 heterocycles. The molecule has 0 aliphatic rings. The van der Waals surface area contributed by atoms with Gasteiger partial charge in [-0.2, -0.15) is 0 Å². The topological polar surface area (TPSA) is 36.6 Å². The molecule has 96 valence electrons. The van der Waals surface area contributed by atoms with Gasteiger partial charge in [0, 0.05) is 30.4 Å². The lowest BCUT2D eigenvalue weighted by Crippen LogP contribution is -2.18. The Hall–Kier alpha value is -1.74. The van der Waals surface area contributed by atoms with E-state index in [9.17, 15) is 5.11 Å². The number of aryl methyl sites for hydroxylation is 2. The average Bonchev–Trinajstić information content (AvgIpc) is 2.74. The second-order valence-corrected chi connectivity index (χ2v) is 4.65. The number of aliphatic hydroxyl groups excluding tert-OH is 1. The Morgan fingerprint density at radius 3 is 2.56 bits per heavy atom. The molecule has 0 amide bonds. The first-order valence-corrected chi connectivity index (χ1v) is 6.06. The molecule has 0 radical (unpaired) electrons. The van der Waals surface area contributed by atoms with E-state index in [1.54, 1.807) is 6.26 Å². The van der Waals surface area contributed by atoms with Gasteiger partial charge in [-0.25, -0.2) is 0 Å². The van der Waals surface area contributed by atoms with Crippen LogP contribution in [0.2, 0.25) is 0 Å². The molecule has 1 N–H and O–H groups in total. The predicted octanol–water partition coefficient (Wildman–Crippen LogP) is 3.03. The van der Waals surface area contributed by atoms with E-state index in [0.717, 1.165) is 29.1 Å². The van der Waals surface area contributed by atoms with E-state index >= 15 is 0 Å². The highest BCUT2D eigenvalue weighted by Crippen LogP contribution is 2.23. The molecule has 2 aromatic rings. The number of anilines is 1. The number of rotatable bonds is 4. The maximum absolute atomic E-state index is 9.43. The molecule has 0 atom stereocenters. The summed E-state index contributed by atoms with van der Waals surface area (Å²) in [5.41, 5.74) is 4.35. The normalized spacial score (nSPS) is 10.7. The lowest BCUT2D eigenvalue weighted by Gasteiger charge is -2.22. The fourth-order valence-electron chi connectivity index (χ4n) is 2.13. The Morgan fingerprint density at radius 1 is 1.17 bits per heavy atom. The second kappa shape index (κ2) is 5.27. The monoisotopic (exact) mass is 245 g/mol. The summed E-state index contributed by atoms with van der Waals surface area (Å²) in [5.74, 6) is 0.944. The quantitative estimate of drug-likeness (QED) is 0.899. The molecule has 0 fully saturated rings. The molecule has 1 aromatic carbocycles.